The van der Waals surface area contributed by atoms with Gasteiger partial charge in [0.05, 0.1) is 18.2 Å². The topological polar surface area (TPSA) is 74.2 Å². The second-order valence-electron chi connectivity index (χ2n) is 7.19. The smallest absolute Gasteiger partial charge is 0.261 e. The first-order chi connectivity index (χ1) is 14.5. The molecule has 1 heterocycles. The van der Waals surface area contributed by atoms with Crippen LogP contribution >= 0.6 is 24.0 Å². The second-order valence-corrected chi connectivity index (χ2v) is 7.19. The predicted octanol–water partition coefficient (Wildman–Crippen LogP) is 3.40. The lowest BCUT2D eigenvalue weighted by atomic mass is 10.1. The monoisotopic (exact) mass is 536 g/mol. The highest BCUT2D eigenvalue weighted by Gasteiger charge is 2.34. The number of rotatable bonds is 8. The molecular weight excluding hydrogens is 507 g/mol. The zero-order valence-corrected chi connectivity index (χ0v) is 20.5. The fourth-order valence-electron chi connectivity index (χ4n) is 3.50. The van der Waals surface area contributed by atoms with Crippen molar-refractivity contribution < 1.29 is 14.3 Å². The number of nitrogens with one attached hydrogen (secondary N) is 1. The minimum Gasteiger partial charge on any atom is -0.497 e. The first kappa shape index (κ1) is 24.6. The lowest BCUT2D eigenvalue weighted by Gasteiger charge is -2.22. The molecule has 0 saturated heterocycles. The molecule has 8 heteroatoms. The molecule has 7 nitrogen and oxygen atoms in total. The van der Waals surface area contributed by atoms with Gasteiger partial charge in [-0.1, -0.05) is 24.3 Å². The van der Waals surface area contributed by atoms with E-state index in [1.807, 2.05) is 36.2 Å². The number of imide groups is 1. The van der Waals surface area contributed by atoms with E-state index in [-0.39, 0.29) is 35.8 Å². The molecule has 0 aromatic heterocycles. The molecule has 31 heavy (non-hydrogen) atoms. The number of halogens is 1. The zero-order valence-electron chi connectivity index (χ0n) is 18.1. The fraction of sp³-hybridized carbons (Fsp3) is 0.348. The van der Waals surface area contributed by atoms with Crippen molar-refractivity contribution >= 4 is 41.8 Å². The molecule has 1 aliphatic rings. The van der Waals surface area contributed by atoms with E-state index in [4.69, 9.17) is 4.74 Å². The van der Waals surface area contributed by atoms with Crippen LogP contribution in [0.4, 0.5) is 0 Å². The summed E-state index contributed by atoms with van der Waals surface area (Å²) in [5.41, 5.74) is 2.16. The Morgan fingerprint density at radius 2 is 1.65 bits per heavy atom. The van der Waals surface area contributed by atoms with E-state index in [0.717, 1.165) is 36.7 Å². The van der Waals surface area contributed by atoms with Crippen molar-refractivity contribution in [1.29, 1.82) is 0 Å². The van der Waals surface area contributed by atoms with Crippen LogP contribution in [0.3, 0.4) is 0 Å². The van der Waals surface area contributed by atoms with Crippen LogP contribution in [0.2, 0.25) is 0 Å². The summed E-state index contributed by atoms with van der Waals surface area (Å²) in [6.45, 7) is 1.86. The third kappa shape index (κ3) is 5.96. The maximum atomic E-state index is 12.4. The number of methoxy groups -OCH3 is 1. The molecule has 0 fully saturated rings. The van der Waals surface area contributed by atoms with Crippen molar-refractivity contribution in [3.8, 4) is 5.75 Å². The van der Waals surface area contributed by atoms with E-state index in [1.165, 1.54) is 4.90 Å². The average Bonchev–Trinajstić information content (AvgIpc) is 3.01. The number of fused-ring (bicyclic) bond motifs is 1. The highest BCUT2D eigenvalue weighted by Crippen LogP contribution is 2.22. The van der Waals surface area contributed by atoms with Gasteiger partial charge in [-0.3, -0.25) is 19.5 Å². The van der Waals surface area contributed by atoms with Crippen LogP contribution < -0.4 is 10.1 Å². The van der Waals surface area contributed by atoms with Crippen LogP contribution in [-0.4, -0.2) is 61.9 Å². The van der Waals surface area contributed by atoms with E-state index in [1.54, 1.807) is 38.4 Å². The SMILES string of the molecule is CN=C(NCCCCN1C(=O)c2ccccc2C1=O)N(C)Cc1ccc(OC)cc1.I. The molecule has 2 aromatic rings. The van der Waals surface area contributed by atoms with Gasteiger partial charge in [0, 0.05) is 33.7 Å². The van der Waals surface area contributed by atoms with E-state index < -0.39 is 0 Å². The minimum absolute atomic E-state index is 0. The van der Waals surface area contributed by atoms with Crippen molar-refractivity contribution in [2.45, 2.75) is 19.4 Å². The molecule has 1 N–H and O–H groups in total. The Bertz CT molecular complexity index is 896. The average molecular weight is 536 g/mol. The number of carbonyl (C=O) groups excluding carboxylic acids is 2. The van der Waals surface area contributed by atoms with Gasteiger partial charge in [0.15, 0.2) is 5.96 Å². The van der Waals surface area contributed by atoms with Gasteiger partial charge in [-0.05, 0) is 42.7 Å². The standard InChI is InChI=1S/C23H28N4O3.HI/c1-24-23(26(2)16-17-10-12-18(30-3)13-11-17)25-14-6-7-15-27-21(28)19-8-4-5-9-20(19)22(27)29;/h4-5,8-13H,6-7,14-16H2,1-3H3,(H,24,25);1H. The Balaban J connectivity index is 0.00000341. The fourth-order valence-corrected chi connectivity index (χ4v) is 3.50. The number of guanidine groups is 1. The summed E-state index contributed by atoms with van der Waals surface area (Å²) >= 11 is 0. The summed E-state index contributed by atoms with van der Waals surface area (Å²) in [6.07, 6.45) is 1.56. The van der Waals surface area contributed by atoms with Gasteiger partial charge in [0.25, 0.3) is 11.8 Å². The maximum Gasteiger partial charge on any atom is 0.261 e. The van der Waals surface area contributed by atoms with Crippen molar-refractivity contribution in [2.75, 3.05) is 34.3 Å². The summed E-state index contributed by atoms with van der Waals surface area (Å²) < 4.78 is 5.19. The lowest BCUT2D eigenvalue weighted by Crippen LogP contribution is -2.39. The van der Waals surface area contributed by atoms with Gasteiger partial charge in [-0.25, -0.2) is 0 Å². The summed E-state index contributed by atoms with van der Waals surface area (Å²) in [7, 11) is 5.39. The molecule has 0 unspecified atom stereocenters. The minimum atomic E-state index is -0.196. The molecule has 166 valence electrons. The Labute approximate surface area is 200 Å². The van der Waals surface area contributed by atoms with E-state index in [0.29, 0.717) is 24.2 Å². The number of amides is 2. The number of aliphatic imine (C=N–C) groups is 1. The van der Waals surface area contributed by atoms with Crippen LogP contribution in [0.1, 0.15) is 39.1 Å². The van der Waals surface area contributed by atoms with Crippen LogP contribution in [-0.2, 0) is 6.54 Å². The Morgan fingerprint density at radius 3 is 2.19 bits per heavy atom. The maximum absolute atomic E-state index is 12.4. The Kier molecular flexibility index (Phi) is 9.29. The van der Waals surface area contributed by atoms with Gasteiger partial charge in [-0.2, -0.15) is 0 Å². The first-order valence-corrected chi connectivity index (χ1v) is 10.0. The molecule has 2 amide bonds. The number of ether oxygens (including phenoxy) is 1. The highest BCUT2D eigenvalue weighted by atomic mass is 127. The van der Waals surface area contributed by atoms with Crippen molar-refractivity contribution in [3.63, 3.8) is 0 Å². The predicted molar refractivity (Wildman–Crippen MR) is 132 cm³/mol. The first-order valence-electron chi connectivity index (χ1n) is 10.0. The van der Waals surface area contributed by atoms with Gasteiger partial charge < -0.3 is 15.0 Å². The second kappa shape index (κ2) is 11.7. The lowest BCUT2D eigenvalue weighted by molar-refractivity contribution is 0.0652. The Hall–Kier alpha value is -2.62. The van der Waals surface area contributed by atoms with E-state index >= 15 is 0 Å². The van der Waals surface area contributed by atoms with Crippen LogP contribution in [0.15, 0.2) is 53.5 Å². The van der Waals surface area contributed by atoms with Crippen molar-refractivity contribution in [3.05, 3.63) is 65.2 Å². The number of benzene rings is 2. The molecule has 3 rings (SSSR count). The molecule has 0 spiro atoms. The van der Waals surface area contributed by atoms with E-state index in [2.05, 4.69) is 10.3 Å². The van der Waals surface area contributed by atoms with Gasteiger partial charge >= 0.3 is 0 Å². The highest BCUT2D eigenvalue weighted by molar-refractivity contribution is 14.0. The van der Waals surface area contributed by atoms with Crippen molar-refractivity contribution in [2.24, 2.45) is 4.99 Å². The van der Waals surface area contributed by atoms with Gasteiger partial charge in [0.1, 0.15) is 5.75 Å². The normalized spacial score (nSPS) is 13.0. The number of unbranched alkanes of at least 4 members (excludes halogenated alkanes) is 1. The summed E-state index contributed by atoms with van der Waals surface area (Å²) in [6, 6.07) is 14.9. The molecule has 0 atom stereocenters. The van der Waals surface area contributed by atoms with E-state index in [9.17, 15) is 9.59 Å². The summed E-state index contributed by atoms with van der Waals surface area (Å²) in [5.74, 6) is 1.24. The van der Waals surface area contributed by atoms with Crippen LogP contribution in [0.25, 0.3) is 0 Å². The number of carbonyl (C=O) groups is 2. The van der Waals surface area contributed by atoms with Gasteiger partial charge in [0.2, 0.25) is 0 Å². The van der Waals surface area contributed by atoms with Crippen LogP contribution in [0.5, 0.6) is 5.75 Å². The Morgan fingerprint density at radius 1 is 1.03 bits per heavy atom. The van der Waals surface area contributed by atoms with Gasteiger partial charge in [-0.15, -0.1) is 24.0 Å². The quantitative estimate of drug-likeness (QED) is 0.184. The number of hydrogen-bond donors (Lipinski definition) is 1. The number of hydrogen-bond acceptors (Lipinski definition) is 4. The zero-order chi connectivity index (χ0) is 21.5. The molecule has 0 aliphatic carbocycles. The molecule has 1 aliphatic heterocycles. The molecule has 0 radical (unpaired) electrons. The third-order valence-corrected chi connectivity index (χ3v) is 5.12. The molecule has 2 aromatic carbocycles. The number of nitrogens with zero attached hydrogens (tertiary/aromatic N) is 3. The molecule has 0 saturated carbocycles. The van der Waals surface area contributed by atoms with Crippen molar-refractivity contribution in [1.82, 2.24) is 15.1 Å². The largest absolute Gasteiger partial charge is 0.497 e. The molecule has 0 bridgehead atoms. The summed E-state index contributed by atoms with van der Waals surface area (Å²) in [5, 5.41) is 3.34. The van der Waals surface area contributed by atoms with Crippen LogP contribution in [0, 0.1) is 0 Å². The molecular formula is C23H29IN4O3. The third-order valence-electron chi connectivity index (χ3n) is 5.12. The summed E-state index contributed by atoms with van der Waals surface area (Å²) in [4.78, 5) is 32.5.